The molecule has 1 unspecified atom stereocenters. The topological polar surface area (TPSA) is 73.9 Å². The third-order valence-corrected chi connectivity index (χ3v) is 5.01. The highest BCUT2D eigenvalue weighted by Crippen LogP contribution is 2.22. The van der Waals surface area contributed by atoms with Crippen LogP contribution in [0, 0.1) is 0 Å². The molecule has 1 saturated heterocycles. The highest BCUT2D eigenvalue weighted by Gasteiger charge is 2.21. The Morgan fingerprint density at radius 1 is 1.38 bits per heavy atom. The van der Waals surface area contributed by atoms with Gasteiger partial charge in [0.1, 0.15) is 5.82 Å². The molecule has 6 heteroatoms. The van der Waals surface area contributed by atoms with Gasteiger partial charge in [0.25, 0.3) is 5.91 Å². The van der Waals surface area contributed by atoms with Crippen LogP contribution in [0.15, 0.2) is 24.3 Å². The summed E-state index contributed by atoms with van der Waals surface area (Å²) in [6, 6.07) is 8.08. The van der Waals surface area contributed by atoms with Crippen molar-refractivity contribution in [1.82, 2.24) is 25.4 Å². The molecule has 0 radical (unpaired) electrons. The van der Waals surface area contributed by atoms with Gasteiger partial charge >= 0.3 is 0 Å². The number of nitrogens with zero attached hydrogens (tertiary/aromatic N) is 3. The number of hydrogen-bond acceptors (Lipinski definition) is 4. The summed E-state index contributed by atoms with van der Waals surface area (Å²) in [7, 11) is 2.16. The summed E-state index contributed by atoms with van der Waals surface area (Å²) in [6.07, 6.45) is 3.48. The van der Waals surface area contributed by atoms with Gasteiger partial charge in [-0.2, -0.15) is 5.10 Å². The van der Waals surface area contributed by atoms with E-state index in [1.165, 1.54) is 12.8 Å². The number of hydrogen-bond donors (Lipinski definition) is 2. The third-order valence-electron chi connectivity index (χ3n) is 5.01. The molecule has 0 saturated carbocycles. The Hall–Kier alpha value is -2.21. The number of nitrogens with one attached hydrogen (secondary N) is 2. The van der Waals surface area contributed by atoms with E-state index in [-0.39, 0.29) is 11.3 Å². The molecule has 1 amide bonds. The lowest BCUT2D eigenvalue weighted by atomic mass is 9.96. The quantitative estimate of drug-likeness (QED) is 0.865. The number of benzene rings is 1. The number of carbonyl (C=O) groups is 1. The molecule has 6 nitrogen and oxygen atoms in total. The van der Waals surface area contributed by atoms with Gasteiger partial charge in [0.2, 0.25) is 0 Å². The second-order valence-corrected chi connectivity index (χ2v) is 8.16. The Morgan fingerprint density at radius 2 is 2.19 bits per heavy atom. The van der Waals surface area contributed by atoms with E-state index < -0.39 is 0 Å². The molecule has 0 aliphatic carbocycles. The largest absolute Gasteiger partial charge is 0.352 e. The number of aromatic nitrogens is 3. The first-order chi connectivity index (χ1) is 12.3. The monoisotopic (exact) mass is 355 g/mol. The number of H-pyrrole nitrogens is 1. The van der Waals surface area contributed by atoms with Crippen molar-refractivity contribution < 1.29 is 4.79 Å². The maximum Gasteiger partial charge on any atom is 0.251 e. The lowest BCUT2D eigenvalue weighted by molar-refractivity contribution is 0.0950. The minimum Gasteiger partial charge on any atom is -0.352 e. The Labute approximate surface area is 155 Å². The Balaban J connectivity index is 1.63. The molecular weight excluding hydrogens is 326 g/mol. The van der Waals surface area contributed by atoms with Crippen molar-refractivity contribution in [3.05, 3.63) is 35.7 Å². The Morgan fingerprint density at radius 3 is 2.85 bits per heavy atom. The van der Waals surface area contributed by atoms with Gasteiger partial charge in [0.15, 0.2) is 5.82 Å². The first kappa shape index (κ1) is 18.6. The molecule has 1 aromatic carbocycles. The van der Waals surface area contributed by atoms with Gasteiger partial charge in [-0.1, -0.05) is 32.9 Å². The minimum atomic E-state index is -0.0896. The second-order valence-electron chi connectivity index (χ2n) is 8.16. The lowest BCUT2D eigenvalue weighted by Gasteiger charge is -2.19. The molecule has 0 bridgehead atoms. The average Bonchev–Trinajstić information content (AvgIpc) is 3.24. The van der Waals surface area contributed by atoms with Gasteiger partial charge < -0.3 is 10.2 Å². The van der Waals surface area contributed by atoms with E-state index in [0.29, 0.717) is 24.0 Å². The zero-order valence-corrected chi connectivity index (χ0v) is 16.2. The first-order valence-corrected chi connectivity index (χ1v) is 9.36. The molecule has 2 heterocycles. The number of carbonyl (C=O) groups excluding carboxylic acids is 1. The van der Waals surface area contributed by atoms with E-state index in [0.717, 1.165) is 24.4 Å². The molecule has 26 heavy (non-hydrogen) atoms. The Kier molecular flexibility index (Phi) is 5.41. The molecule has 2 N–H and O–H groups in total. The van der Waals surface area contributed by atoms with E-state index in [4.69, 9.17) is 0 Å². The minimum absolute atomic E-state index is 0.0425. The summed E-state index contributed by atoms with van der Waals surface area (Å²) in [5, 5.41) is 10.3. The SMILES string of the molecule is CN1CCCC1CCNC(=O)c1cccc(-c2n[nH]c(C(C)(C)C)n2)c1. The fourth-order valence-corrected chi connectivity index (χ4v) is 3.32. The van der Waals surface area contributed by atoms with Gasteiger partial charge in [0, 0.05) is 29.1 Å². The van der Waals surface area contributed by atoms with Gasteiger partial charge in [0.05, 0.1) is 0 Å². The highest BCUT2D eigenvalue weighted by atomic mass is 16.1. The van der Waals surface area contributed by atoms with Crippen LogP contribution in [0.1, 0.15) is 56.2 Å². The standard InChI is InChI=1S/C20H29N5O/c1-20(2,3)19-22-17(23-24-19)14-7-5-8-15(13-14)18(26)21-11-10-16-9-6-12-25(16)4/h5,7-8,13,16H,6,9-12H2,1-4H3,(H,21,26)(H,22,23,24). The molecule has 1 aromatic heterocycles. The molecule has 140 valence electrons. The van der Waals surface area contributed by atoms with Crippen molar-refractivity contribution in [2.45, 2.75) is 51.5 Å². The molecule has 2 aromatic rings. The van der Waals surface area contributed by atoms with Gasteiger partial charge in [-0.3, -0.25) is 9.89 Å². The summed E-state index contributed by atoms with van der Waals surface area (Å²) in [5.41, 5.74) is 1.40. The van der Waals surface area contributed by atoms with Crippen LogP contribution in [0.4, 0.5) is 0 Å². The zero-order chi connectivity index (χ0) is 18.7. The molecular formula is C20H29N5O. The van der Waals surface area contributed by atoms with Crippen molar-refractivity contribution >= 4 is 5.91 Å². The lowest BCUT2D eigenvalue weighted by Crippen LogP contribution is -2.31. The fraction of sp³-hybridized carbons (Fsp3) is 0.550. The normalized spacial score (nSPS) is 18.2. The predicted octanol–water partition coefficient (Wildman–Crippen LogP) is 2.98. The van der Waals surface area contributed by atoms with Crippen LogP contribution in [-0.2, 0) is 5.41 Å². The maximum absolute atomic E-state index is 12.5. The second kappa shape index (κ2) is 7.58. The smallest absolute Gasteiger partial charge is 0.251 e. The van der Waals surface area contributed by atoms with Crippen LogP contribution in [0.5, 0.6) is 0 Å². The number of aromatic amines is 1. The van der Waals surface area contributed by atoms with Crippen molar-refractivity contribution in [1.29, 1.82) is 0 Å². The van der Waals surface area contributed by atoms with E-state index in [2.05, 4.69) is 53.2 Å². The highest BCUT2D eigenvalue weighted by molar-refractivity contribution is 5.95. The van der Waals surface area contributed by atoms with Crippen LogP contribution in [-0.4, -0.2) is 52.2 Å². The van der Waals surface area contributed by atoms with E-state index in [1.54, 1.807) is 0 Å². The van der Waals surface area contributed by atoms with E-state index >= 15 is 0 Å². The molecule has 1 aliphatic rings. The van der Waals surface area contributed by atoms with Crippen molar-refractivity contribution in [3.8, 4) is 11.4 Å². The predicted molar refractivity (Wildman–Crippen MR) is 103 cm³/mol. The summed E-state index contributed by atoms with van der Waals surface area (Å²) < 4.78 is 0. The summed E-state index contributed by atoms with van der Waals surface area (Å²) in [4.78, 5) is 19.4. The van der Waals surface area contributed by atoms with Crippen LogP contribution in [0.3, 0.4) is 0 Å². The van der Waals surface area contributed by atoms with Crippen molar-refractivity contribution in [2.24, 2.45) is 0 Å². The van der Waals surface area contributed by atoms with E-state index in [9.17, 15) is 4.79 Å². The van der Waals surface area contributed by atoms with Gasteiger partial charge in [-0.05, 0) is 45.0 Å². The molecule has 1 fully saturated rings. The van der Waals surface area contributed by atoms with Gasteiger partial charge in [-0.15, -0.1) is 0 Å². The van der Waals surface area contributed by atoms with Crippen LogP contribution in [0.2, 0.25) is 0 Å². The zero-order valence-electron chi connectivity index (χ0n) is 16.2. The number of rotatable bonds is 5. The Bertz CT molecular complexity index is 762. The van der Waals surface area contributed by atoms with E-state index in [1.807, 2.05) is 24.3 Å². The molecule has 1 atom stereocenters. The van der Waals surface area contributed by atoms with Crippen LogP contribution < -0.4 is 5.32 Å². The van der Waals surface area contributed by atoms with Gasteiger partial charge in [-0.25, -0.2) is 4.98 Å². The third kappa shape index (κ3) is 4.30. The fourth-order valence-electron chi connectivity index (χ4n) is 3.32. The molecule has 1 aliphatic heterocycles. The van der Waals surface area contributed by atoms with Crippen LogP contribution in [0.25, 0.3) is 11.4 Å². The maximum atomic E-state index is 12.5. The summed E-state index contributed by atoms with van der Waals surface area (Å²) in [6.45, 7) is 8.12. The average molecular weight is 355 g/mol. The van der Waals surface area contributed by atoms with Crippen molar-refractivity contribution in [3.63, 3.8) is 0 Å². The summed E-state index contributed by atoms with van der Waals surface area (Å²) in [5.74, 6) is 1.42. The van der Waals surface area contributed by atoms with Crippen LogP contribution >= 0.6 is 0 Å². The molecule has 0 spiro atoms. The molecule has 3 rings (SSSR count). The number of amides is 1. The summed E-state index contributed by atoms with van der Waals surface area (Å²) >= 11 is 0. The number of likely N-dealkylation sites (tertiary alicyclic amines) is 1. The first-order valence-electron chi connectivity index (χ1n) is 9.36. The van der Waals surface area contributed by atoms with Crippen molar-refractivity contribution in [2.75, 3.05) is 20.1 Å².